The van der Waals surface area contributed by atoms with E-state index in [2.05, 4.69) is 10.2 Å². The summed E-state index contributed by atoms with van der Waals surface area (Å²) in [6.45, 7) is 0.447. The number of nitrogens with one attached hydrogen (secondary N) is 1. The Labute approximate surface area is 116 Å². The van der Waals surface area contributed by atoms with Crippen LogP contribution < -0.4 is 4.31 Å². The summed E-state index contributed by atoms with van der Waals surface area (Å²) in [7, 11) is -3.62. The highest BCUT2D eigenvalue weighted by molar-refractivity contribution is 7.92. The number of aromatic nitrogens is 2. The number of halogens is 1. The van der Waals surface area contributed by atoms with E-state index in [1.165, 1.54) is 10.5 Å². The average Bonchev–Trinajstić information content (AvgIpc) is 3.05. The molecule has 0 unspecified atom stereocenters. The molecule has 5 nitrogen and oxygen atoms in total. The van der Waals surface area contributed by atoms with E-state index in [4.69, 9.17) is 11.6 Å². The zero-order valence-corrected chi connectivity index (χ0v) is 11.6. The van der Waals surface area contributed by atoms with Gasteiger partial charge in [0.05, 0.1) is 17.8 Å². The number of hydrogen-bond acceptors (Lipinski definition) is 3. The highest BCUT2D eigenvalue weighted by Gasteiger charge is 2.33. The lowest BCUT2D eigenvalue weighted by molar-refractivity contribution is 0.587. The number of rotatable bonds is 3. The molecule has 0 bridgehead atoms. The summed E-state index contributed by atoms with van der Waals surface area (Å²) in [6.07, 6.45) is 2.17. The van der Waals surface area contributed by atoms with Crippen molar-refractivity contribution in [3.63, 3.8) is 0 Å². The molecule has 1 aliphatic rings. The van der Waals surface area contributed by atoms with E-state index in [1.807, 2.05) is 24.3 Å². The Bertz CT molecular complexity index is 711. The lowest BCUT2D eigenvalue weighted by Gasteiger charge is -2.18. The minimum Gasteiger partial charge on any atom is -0.266 e. The van der Waals surface area contributed by atoms with Crippen LogP contribution in [-0.4, -0.2) is 25.2 Å². The molecule has 0 radical (unpaired) electrons. The number of anilines is 1. The highest BCUT2D eigenvalue weighted by atomic mass is 35.5. The molecule has 0 aliphatic carbocycles. The zero-order valence-electron chi connectivity index (χ0n) is 10.0. The second kappa shape index (κ2) is 4.54. The first-order chi connectivity index (χ1) is 9.14. The third kappa shape index (κ3) is 1.91. The summed E-state index contributed by atoms with van der Waals surface area (Å²) in [6, 6.07) is 7.51. The third-order valence-electron chi connectivity index (χ3n) is 3.21. The van der Waals surface area contributed by atoms with Gasteiger partial charge in [0.15, 0.2) is 5.03 Å². The molecule has 1 aliphatic heterocycles. The number of hydrogen-bond donors (Lipinski definition) is 1. The molecule has 1 N–H and O–H groups in total. The fraction of sp³-hybridized carbons (Fsp3) is 0.250. The maximum atomic E-state index is 12.6. The summed E-state index contributed by atoms with van der Waals surface area (Å²) in [5.41, 5.74) is 2.27. The van der Waals surface area contributed by atoms with Crippen LogP contribution in [0.5, 0.6) is 0 Å². The smallest absolute Gasteiger partial charge is 0.266 e. The minimum atomic E-state index is -3.62. The largest absolute Gasteiger partial charge is 0.281 e. The Balaban J connectivity index is 2.08. The molecule has 0 saturated carbocycles. The molecule has 1 aromatic carbocycles. The molecule has 7 heteroatoms. The number of sulfonamides is 1. The first-order valence-corrected chi connectivity index (χ1v) is 7.81. The van der Waals surface area contributed by atoms with Gasteiger partial charge in [-0.1, -0.05) is 18.2 Å². The molecule has 100 valence electrons. The Morgan fingerprint density at radius 3 is 2.95 bits per heavy atom. The van der Waals surface area contributed by atoms with Gasteiger partial charge in [0.25, 0.3) is 10.0 Å². The number of aromatic amines is 1. The molecular formula is C12H12ClN3O2S. The second-order valence-electron chi connectivity index (χ2n) is 4.31. The van der Waals surface area contributed by atoms with Gasteiger partial charge in [-0.15, -0.1) is 11.6 Å². The van der Waals surface area contributed by atoms with E-state index in [1.54, 1.807) is 0 Å². The summed E-state index contributed by atoms with van der Waals surface area (Å²) in [5, 5.41) is 6.39. The van der Waals surface area contributed by atoms with Crippen molar-refractivity contribution in [1.82, 2.24) is 10.2 Å². The first kappa shape index (κ1) is 12.5. The van der Waals surface area contributed by atoms with Crippen molar-refractivity contribution >= 4 is 27.3 Å². The Morgan fingerprint density at radius 1 is 1.37 bits per heavy atom. The van der Waals surface area contributed by atoms with Gasteiger partial charge in [-0.3, -0.25) is 9.40 Å². The van der Waals surface area contributed by atoms with Crippen LogP contribution in [0.4, 0.5) is 5.69 Å². The van der Waals surface area contributed by atoms with Crippen LogP contribution in [0.15, 0.2) is 35.5 Å². The first-order valence-electron chi connectivity index (χ1n) is 5.83. The summed E-state index contributed by atoms with van der Waals surface area (Å²) < 4.78 is 26.7. The molecule has 0 fully saturated rings. The van der Waals surface area contributed by atoms with E-state index in [9.17, 15) is 8.42 Å². The normalized spacial score (nSPS) is 14.7. The Hall–Kier alpha value is -1.53. The molecular weight excluding hydrogens is 286 g/mol. The monoisotopic (exact) mass is 297 g/mol. The van der Waals surface area contributed by atoms with E-state index >= 15 is 0 Å². The number of fused-ring (bicyclic) bond motifs is 1. The van der Waals surface area contributed by atoms with Gasteiger partial charge in [-0.2, -0.15) is 13.5 Å². The van der Waals surface area contributed by atoms with Gasteiger partial charge in [0.1, 0.15) is 0 Å². The third-order valence-corrected chi connectivity index (χ3v) is 5.33. The second-order valence-corrected chi connectivity index (χ2v) is 6.38. The van der Waals surface area contributed by atoms with Crippen molar-refractivity contribution in [2.24, 2.45) is 0 Å². The zero-order chi connectivity index (χ0) is 13.5. The van der Waals surface area contributed by atoms with Crippen LogP contribution >= 0.6 is 11.6 Å². The van der Waals surface area contributed by atoms with Crippen LogP contribution in [0, 0.1) is 0 Å². The van der Waals surface area contributed by atoms with Crippen molar-refractivity contribution in [2.75, 3.05) is 10.8 Å². The van der Waals surface area contributed by atoms with Crippen LogP contribution in [0.2, 0.25) is 0 Å². The minimum absolute atomic E-state index is 0.0826. The maximum Gasteiger partial charge on any atom is 0.281 e. The Morgan fingerprint density at radius 2 is 2.16 bits per heavy atom. The van der Waals surface area contributed by atoms with E-state index in [0.29, 0.717) is 12.1 Å². The number of nitrogens with zero attached hydrogens (tertiary/aromatic N) is 2. The average molecular weight is 298 g/mol. The quantitative estimate of drug-likeness (QED) is 0.880. The molecule has 2 heterocycles. The van der Waals surface area contributed by atoms with Gasteiger partial charge in [0.2, 0.25) is 0 Å². The maximum absolute atomic E-state index is 12.6. The van der Waals surface area contributed by atoms with Crippen LogP contribution in [0.1, 0.15) is 11.1 Å². The van der Waals surface area contributed by atoms with Crippen LogP contribution in [0.3, 0.4) is 0 Å². The summed E-state index contributed by atoms with van der Waals surface area (Å²) >= 11 is 5.74. The molecule has 0 saturated heterocycles. The predicted octanol–water partition coefficient (Wildman–Crippen LogP) is 1.90. The lowest BCUT2D eigenvalue weighted by Crippen LogP contribution is -2.30. The van der Waals surface area contributed by atoms with Gasteiger partial charge >= 0.3 is 0 Å². The standard InChI is InChI=1S/C12H12ClN3O2S/c13-7-10-8-14-15-12(10)19(17,18)16-6-5-9-3-1-2-4-11(9)16/h1-4,8H,5-7H2,(H,14,15). The summed E-state index contributed by atoms with van der Waals surface area (Å²) in [5.74, 6) is 0.112. The summed E-state index contributed by atoms with van der Waals surface area (Å²) in [4.78, 5) is 0. The molecule has 0 amide bonds. The Kier molecular flexibility index (Phi) is 2.99. The van der Waals surface area contributed by atoms with Crippen LogP contribution in [0.25, 0.3) is 0 Å². The van der Waals surface area contributed by atoms with Gasteiger partial charge in [-0.05, 0) is 18.1 Å². The number of H-pyrrole nitrogens is 1. The molecule has 3 rings (SSSR count). The fourth-order valence-electron chi connectivity index (χ4n) is 2.29. The van der Waals surface area contributed by atoms with E-state index in [-0.39, 0.29) is 10.9 Å². The van der Waals surface area contributed by atoms with Crippen molar-refractivity contribution in [3.8, 4) is 0 Å². The molecule has 19 heavy (non-hydrogen) atoms. The van der Waals surface area contributed by atoms with Gasteiger partial charge in [-0.25, -0.2) is 0 Å². The van der Waals surface area contributed by atoms with Crippen molar-refractivity contribution < 1.29 is 8.42 Å². The number of alkyl halides is 1. The topological polar surface area (TPSA) is 66.1 Å². The van der Waals surface area contributed by atoms with Gasteiger partial charge in [0, 0.05) is 12.1 Å². The fourth-order valence-corrected chi connectivity index (χ4v) is 4.18. The van der Waals surface area contributed by atoms with Crippen LogP contribution in [-0.2, 0) is 22.3 Å². The van der Waals surface area contributed by atoms with E-state index in [0.717, 1.165) is 17.7 Å². The molecule has 0 atom stereocenters. The van der Waals surface area contributed by atoms with Crippen molar-refractivity contribution in [2.45, 2.75) is 17.3 Å². The molecule has 2 aromatic rings. The number of benzene rings is 1. The molecule has 1 aromatic heterocycles. The highest BCUT2D eigenvalue weighted by Crippen LogP contribution is 2.33. The van der Waals surface area contributed by atoms with Crippen molar-refractivity contribution in [1.29, 1.82) is 0 Å². The number of para-hydroxylation sites is 1. The lowest BCUT2D eigenvalue weighted by atomic mass is 10.2. The molecule has 0 spiro atoms. The van der Waals surface area contributed by atoms with Crippen molar-refractivity contribution in [3.05, 3.63) is 41.6 Å². The SMILES string of the molecule is O=S(=O)(c1[nH]ncc1CCl)N1CCc2ccccc21. The predicted molar refractivity (Wildman–Crippen MR) is 72.8 cm³/mol. The van der Waals surface area contributed by atoms with E-state index < -0.39 is 10.0 Å². The van der Waals surface area contributed by atoms with Gasteiger partial charge < -0.3 is 0 Å².